The Morgan fingerprint density at radius 3 is 2.48 bits per heavy atom. The van der Waals surface area contributed by atoms with Crippen molar-refractivity contribution in [2.24, 2.45) is 0 Å². The number of nitrogens with one attached hydrogen (secondary N) is 1. The molecule has 0 atom stereocenters. The number of aromatic hydroxyl groups is 2. The summed E-state index contributed by atoms with van der Waals surface area (Å²) in [5.74, 6) is -3.38. The molecule has 0 bridgehead atoms. The molecule has 0 saturated heterocycles. The van der Waals surface area contributed by atoms with Crippen LogP contribution in [0.5, 0.6) is 11.5 Å². The summed E-state index contributed by atoms with van der Waals surface area (Å²) in [4.78, 5) is 16.3. The Morgan fingerprint density at radius 2 is 1.72 bits per heavy atom. The van der Waals surface area contributed by atoms with Crippen LogP contribution >= 0.6 is 0 Å². The zero-order valence-corrected chi connectivity index (χ0v) is 12.7. The van der Waals surface area contributed by atoms with Gasteiger partial charge in [0.25, 0.3) is 5.91 Å². The van der Waals surface area contributed by atoms with Crippen molar-refractivity contribution in [1.82, 2.24) is 4.98 Å². The summed E-state index contributed by atoms with van der Waals surface area (Å²) >= 11 is 0. The third kappa shape index (κ3) is 3.40. The highest BCUT2D eigenvalue weighted by atomic mass is 19.1. The number of halogens is 2. The summed E-state index contributed by atoms with van der Waals surface area (Å²) in [5, 5.41) is 21.2. The van der Waals surface area contributed by atoms with Gasteiger partial charge in [-0.2, -0.15) is 0 Å². The zero-order valence-electron chi connectivity index (χ0n) is 12.7. The van der Waals surface area contributed by atoms with Gasteiger partial charge in [-0.05, 0) is 36.4 Å². The lowest BCUT2D eigenvalue weighted by Crippen LogP contribution is -2.14. The van der Waals surface area contributed by atoms with E-state index in [9.17, 15) is 23.8 Å². The van der Waals surface area contributed by atoms with Crippen LogP contribution in [0.1, 0.15) is 10.5 Å². The molecule has 1 amide bonds. The fraction of sp³-hybridized carbons (Fsp3) is 0. The lowest BCUT2D eigenvalue weighted by atomic mass is 10.1. The third-order valence-corrected chi connectivity index (χ3v) is 3.44. The van der Waals surface area contributed by atoms with Crippen LogP contribution in [-0.2, 0) is 0 Å². The summed E-state index contributed by atoms with van der Waals surface area (Å²) in [5.41, 5.74) is 0.390. The monoisotopic (exact) mass is 342 g/mol. The minimum atomic E-state index is -0.837. The second-order valence-corrected chi connectivity index (χ2v) is 5.17. The number of hydrogen-bond donors (Lipinski definition) is 3. The second kappa shape index (κ2) is 6.56. The van der Waals surface area contributed by atoms with Crippen molar-refractivity contribution in [3.63, 3.8) is 0 Å². The maximum Gasteiger partial charge on any atom is 0.274 e. The largest absolute Gasteiger partial charge is 0.505 e. The highest BCUT2D eigenvalue weighted by Crippen LogP contribution is 2.27. The molecule has 2 aromatic carbocycles. The number of phenolic OH excluding ortho intramolecular Hbond substituents is 2. The van der Waals surface area contributed by atoms with E-state index in [0.717, 1.165) is 12.1 Å². The zero-order chi connectivity index (χ0) is 18.0. The van der Waals surface area contributed by atoms with Gasteiger partial charge >= 0.3 is 0 Å². The molecule has 0 aliphatic heterocycles. The SMILES string of the molecule is O=C(Nc1ccc(F)c(O)c1)c1cccc(-c2cccc(O)c2F)n1. The summed E-state index contributed by atoms with van der Waals surface area (Å²) in [6.07, 6.45) is 0. The van der Waals surface area contributed by atoms with Crippen LogP contribution in [0, 0.1) is 11.6 Å². The van der Waals surface area contributed by atoms with Crippen molar-refractivity contribution >= 4 is 11.6 Å². The van der Waals surface area contributed by atoms with Gasteiger partial charge in [0, 0.05) is 17.3 Å². The van der Waals surface area contributed by atoms with Gasteiger partial charge in [-0.3, -0.25) is 4.79 Å². The predicted octanol–water partition coefficient (Wildman–Crippen LogP) is 3.69. The molecule has 0 aliphatic rings. The number of amides is 1. The first-order chi connectivity index (χ1) is 12.0. The topological polar surface area (TPSA) is 82.5 Å². The van der Waals surface area contributed by atoms with Gasteiger partial charge in [0.15, 0.2) is 23.1 Å². The van der Waals surface area contributed by atoms with Gasteiger partial charge in [-0.1, -0.05) is 12.1 Å². The number of aromatic nitrogens is 1. The van der Waals surface area contributed by atoms with Crippen molar-refractivity contribution in [3.8, 4) is 22.8 Å². The fourth-order valence-electron chi connectivity index (χ4n) is 2.21. The number of nitrogens with zero attached hydrogens (tertiary/aromatic N) is 1. The third-order valence-electron chi connectivity index (χ3n) is 3.44. The van der Waals surface area contributed by atoms with Crippen molar-refractivity contribution in [3.05, 3.63) is 71.9 Å². The lowest BCUT2D eigenvalue weighted by Gasteiger charge is -2.08. The number of hydrogen-bond acceptors (Lipinski definition) is 4. The summed E-state index contributed by atoms with van der Waals surface area (Å²) in [6.45, 7) is 0. The van der Waals surface area contributed by atoms with Gasteiger partial charge in [0.1, 0.15) is 5.69 Å². The number of benzene rings is 2. The normalized spacial score (nSPS) is 10.5. The van der Waals surface area contributed by atoms with E-state index in [1.165, 1.54) is 42.5 Å². The fourth-order valence-corrected chi connectivity index (χ4v) is 2.21. The first kappa shape index (κ1) is 16.4. The van der Waals surface area contributed by atoms with Gasteiger partial charge in [-0.15, -0.1) is 0 Å². The number of pyridine rings is 1. The van der Waals surface area contributed by atoms with Gasteiger partial charge in [0.05, 0.1) is 5.69 Å². The smallest absolute Gasteiger partial charge is 0.274 e. The standard InChI is InChI=1S/C18H12F2N2O3/c19-12-8-7-10(9-16(12)24)21-18(25)14-5-2-4-13(22-14)11-3-1-6-15(23)17(11)20/h1-9,23-24H,(H,21,25). The molecule has 0 aliphatic carbocycles. The Balaban J connectivity index is 1.89. The molecule has 3 rings (SSSR count). The first-order valence-electron chi connectivity index (χ1n) is 7.20. The molecule has 3 N–H and O–H groups in total. The number of carbonyl (C=O) groups excluding carboxylic acids is 1. The molecule has 0 unspecified atom stereocenters. The van der Waals surface area contributed by atoms with Crippen LogP contribution in [0.3, 0.4) is 0 Å². The number of phenols is 2. The first-order valence-corrected chi connectivity index (χ1v) is 7.20. The highest BCUT2D eigenvalue weighted by Gasteiger charge is 2.14. The molecule has 7 heteroatoms. The molecule has 5 nitrogen and oxygen atoms in total. The van der Waals surface area contributed by atoms with E-state index in [0.29, 0.717) is 0 Å². The van der Waals surface area contributed by atoms with Crippen molar-refractivity contribution in [1.29, 1.82) is 0 Å². The maximum atomic E-state index is 14.0. The van der Waals surface area contributed by atoms with E-state index >= 15 is 0 Å². The van der Waals surface area contributed by atoms with E-state index in [1.807, 2.05) is 0 Å². The van der Waals surface area contributed by atoms with Crippen LogP contribution in [-0.4, -0.2) is 21.1 Å². The molecule has 1 heterocycles. The Hall–Kier alpha value is -3.48. The van der Waals surface area contributed by atoms with Gasteiger partial charge in [0.2, 0.25) is 0 Å². The minimum Gasteiger partial charge on any atom is -0.505 e. The van der Waals surface area contributed by atoms with Crippen LogP contribution in [0.15, 0.2) is 54.6 Å². The van der Waals surface area contributed by atoms with Crippen molar-refractivity contribution in [2.75, 3.05) is 5.32 Å². The summed E-state index contributed by atoms with van der Waals surface area (Å²) in [7, 11) is 0. The van der Waals surface area contributed by atoms with Crippen molar-refractivity contribution in [2.45, 2.75) is 0 Å². The molecular formula is C18H12F2N2O3. The van der Waals surface area contributed by atoms with Crippen LogP contribution in [0.4, 0.5) is 14.5 Å². The van der Waals surface area contributed by atoms with E-state index in [4.69, 9.17) is 0 Å². The Bertz CT molecular complexity index is 961. The predicted molar refractivity (Wildman–Crippen MR) is 87.3 cm³/mol. The molecule has 0 spiro atoms. The maximum absolute atomic E-state index is 14.0. The minimum absolute atomic E-state index is 0.0101. The van der Waals surface area contributed by atoms with E-state index in [-0.39, 0.29) is 22.6 Å². The van der Waals surface area contributed by atoms with Crippen LogP contribution < -0.4 is 5.32 Å². The Morgan fingerprint density at radius 1 is 0.960 bits per heavy atom. The van der Waals surface area contributed by atoms with E-state index in [2.05, 4.69) is 10.3 Å². The second-order valence-electron chi connectivity index (χ2n) is 5.17. The Labute approximate surface area is 141 Å². The Kier molecular flexibility index (Phi) is 4.30. The molecule has 0 saturated carbocycles. The van der Waals surface area contributed by atoms with Crippen LogP contribution in [0.2, 0.25) is 0 Å². The van der Waals surface area contributed by atoms with Gasteiger partial charge < -0.3 is 15.5 Å². The average molecular weight is 342 g/mol. The average Bonchev–Trinajstić information content (AvgIpc) is 2.60. The van der Waals surface area contributed by atoms with E-state index < -0.39 is 29.0 Å². The molecule has 3 aromatic rings. The van der Waals surface area contributed by atoms with Crippen molar-refractivity contribution < 1.29 is 23.8 Å². The molecular weight excluding hydrogens is 330 g/mol. The quantitative estimate of drug-likeness (QED) is 0.678. The lowest BCUT2D eigenvalue weighted by molar-refractivity contribution is 0.102. The number of carbonyl (C=O) groups is 1. The van der Waals surface area contributed by atoms with Gasteiger partial charge in [-0.25, -0.2) is 13.8 Å². The number of anilines is 1. The molecule has 1 aromatic heterocycles. The van der Waals surface area contributed by atoms with E-state index in [1.54, 1.807) is 0 Å². The van der Waals surface area contributed by atoms with Crippen LogP contribution in [0.25, 0.3) is 11.3 Å². The molecule has 126 valence electrons. The highest BCUT2D eigenvalue weighted by molar-refractivity contribution is 6.03. The molecule has 0 fully saturated rings. The molecule has 0 radical (unpaired) electrons. The molecule has 25 heavy (non-hydrogen) atoms. The summed E-state index contributed by atoms with van der Waals surface area (Å²) in [6, 6.07) is 11.9. The number of rotatable bonds is 3. The summed E-state index contributed by atoms with van der Waals surface area (Å²) < 4.78 is 27.0.